The number of rotatable bonds is 1. The molecule has 0 bridgehead atoms. The van der Waals surface area contributed by atoms with E-state index in [0.29, 0.717) is 11.6 Å². The van der Waals surface area contributed by atoms with Gasteiger partial charge >= 0.3 is 0 Å². The average Bonchev–Trinajstić information content (AvgIpc) is 2.93. The van der Waals surface area contributed by atoms with Crippen molar-refractivity contribution in [3.8, 4) is 0 Å². The molecule has 1 aliphatic carbocycles. The number of anilines is 1. The second kappa shape index (κ2) is 2.50. The third kappa shape index (κ3) is 1.01. The van der Waals surface area contributed by atoms with E-state index in [1.54, 1.807) is 0 Å². The van der Waals surface area contributed by atoms with E-state index in [0.717, 1.165) is 11.4 Å². The van der Waals surface area contributed by atoms with E-state index in [9.17, 15) is 4.79 Å². The van der Waals surface area contributed by atoms with Crippen LogP contribution in [0.25, 0.3) is 0 Å². The summed E-state index contributed by atoms with van der Waals surface area (Å²) in [5.41, 5.74) is 2.28. The minimum atomic E-state index is -0.0694. The Morgan fingerprint density at radius 3 is 2.86 bits per heavy atom. The lowest BCUT2D eigenvalue weighted by atomic mass is 10.2. The molecule has 0 spiro atoms. The van der Waals surface area contributed by atoms with E-state index in [-0.39, 0.29) is 12.1 Å². The molecule has 0 aromatic carbocycles. The summed E-state index contributed by atoms with van der Waals surface area (Å²) in [6, 6.07) is 0. The van der Waals surface area contributed by atoms with E-state index in [4.69, 9.17) is 0 Å². The van der Waals surface area contributed by atoms with Crippen LogP contribution in [0.2, 0.25) is 0 Å². The molecule has 1 aromatic heterocycles. The number of amides is 1. The molecule has 1 saturated carbocycles. The van der Waals surface area contributed by atoms with Crippen LogP contribution in [-0.4, -0.2) is 22.3 Å². The van der Waals surface area contributed by atoms with Gasteiger partial charge in [0.25, 0.3) is 5.91 Å². The highest BCUT2D eigenvalue weighted by atomic mass is 16.2. The summed E-state index contributed by atoms with van der Waals surface area (Å²) in [7, 11) is 0. The Morgan fingerprint density at radius 1 is 1.36 bits per heavy atom. The van der Waals surface area contributed by atoms with Gasteiger partial charge in [-0.25, -0.2) is 0 Å². The highest BCUT2D eigenvalue weighted by Gasteiger charge is 2.37. The number of aromatic amines is 1. The van der Waals surface area contributed by atoms with Gasteiger partial charge in [-0.15, -0.1) is 0 Å². The molecule has 3 rings (SSSR count). The van der Waals surface area contributed by atoms with Crippen molar-refractivity contribution in [1.82, 2.24) is 15.5 Å². The van der Waals surface area contributed by atoms with Crippen LogP contribution in [0, 0.1) is 12.8 Å². The second-order valence-corrected chi connectivity index (χ2v) is 4.01. The van der Waals surface area contributed by atoms with Gasteiger partial charge in [0.15, 0.2) is 5.69 Å². The molecule has 1 aliphatic heterocycles. The molecule has 1 fully saturated rings. The van der Waals surface area contributed by atoms with E-state index >= 15 is 0 Å². The quantitative estimate of drug-likeness (QED) is 0.610. The predicted molar refractivity (Wildman–Crippen MR) is 50.9 cm³/mol. The molecule has 5 heteroatoms. The van der Waals surface area contributed by atoms with Crippen molar-refractivity contribution < 1.29 is 4.79 Å². The summed E-state index contributed by atoms with van der Waals surface area (Å²) in [4.78, 5) is 11.6. The number of fused-ring (bicyclic) bond motifs is 1. The van der Waals surface area contributed by atoms with Crippen LogP contribution < -0.4 is 10.6 Å². The van der Waals surface area contributed by atoms with E-state index in [1.165, 1.54) is 12.8 Å². The first kappa shape index (κ1) is 7.84. The monoisotopic (exact) mass is 192 g/mol. The first-order valence-electron chi connectivity index (χ1n) is 4.88. The molecule has 5 nitrogen and oxygen atoms in total. The topological polar surface area (TPSA) is 69.8 Å². The minimum absolute atomic E-state index is 0.0694. The van der Waals surface area contributed by atoms with Crippen molar-refractivity contribution in [2.45, 2.75) is 25.9 Å². The van der Waals surface area contributed by atoms with Crippen LogP contribution in [0.4, 0.5) is 5.69 Å². The molecule has 14 heavy (non-hydrogen) atoms. The molecule has 0 radical (unpaired) electrons. The molecule has 1 amide bonds. The van der Waals surface area contributed by atoms with Gasteiger partial charge < -0.3 is 10.6 Å². The molecule has 2 aliphatic rings. The fourth-order valence-electron chi connectivity index (χ4n) is 1.84. The first-order chi connectivity index (χ1) is 6.75. The van der Waals surface area contributed by atoms with Crippen molar-refractivity contribution >= 4 is 11.6 Å². The lowest BCUT2D eigenvalue weighted by Crippen LogP contribution is -2.46. The summed E-state index contributed by atoms with van der Waals surface area (Å²) in [5.74, 6) is 0.529. The van der Waals surface area contributed by atoms with Gasteiger partial charge in [0.2, 0.25) is 0 Å². The van der Waals surface area contributed by atoms with Crippen LogP contribution >= 0.6 is 0 Å². The SMILES string of the molecule is Cc1[nH]nc2c1NC(C1CC1)NC2=O. The van der Waals surface area contributed by atoms with Crippen molar-refractivity contribution in [3.05, 3.63) is 11.4 Å². The van der Waals surface area contributed by atoms with Crippen LogP contribution in [-0.2, 0) is 0 Å². The Kier molecular flexibility index (Phi) is 1.40. The van der Waals surface area contributed by atoms with Gasteiger partial charge in [0, 0.05) is 0 Å². The Bertz CT molecular complexity index is 394. The van der Waals surface area contributed by atoms with Crippen molar-refractivity contribution in [2.75, 3.05) is 5.32 Å². The molecule has 74 valence electrons. The molecule has 1 atom stereocenters. The average molecular weight is 192 g/mol. The number of aromatic nitrogens is 2. The number of hydrogen-bond donors (Lipinski definition) is 3. The number of nitrogens with one attached hydrogen (secondary N) is 3. The van der Waals surface area contributed by atoms with Crippen LogP contribution in [0.5, 0.6) is 0 Å². The molecular formula is C9H12N4O. The van der Waals surface area contributed by atoms with Crippen LogP contribution in [0.1, 0.15) is 29.0 Å². The fourth-order valence-corrected chi connectivity index (χ4v) is 1.84. The number of aryl methyl sites for hydroxylation is 1. The van der Waals surface area contributed by atoms with Gasteiger partial charge in [0.1, 0.15) is 6.17 Å². The summed E-state index contributed by atoms with van der Waals surface area (Å²) in [6.45, 7) is 1.92. The van der Waals surface area contributed by atoms with Gasteiger partial charge in [-0.2, -0.15) is 5.10 Å². The lowest BCUT2D eigenvalue weighted by Gasteiger charge is -2.25. The molecular weight excluding hydrogens is 180 g/mol. The first-order valence-corrected chi connectivity index (χ1v) is 4.88. The Morgan fingerprint density at radius 2 is 2.14 bits per heavy atom. The highest BCUT2D eigenvalue weighted by molar-refractivity contribution is 6.00. The smallest absolute Gasteiger partial charge is 0.275 e. The zero-order valence-corrected chi connectivity index (χ0v) is 7.92. The normalized spacial score (nSPS) is 25.2. The summed E-state index contributed by atoms with van der Waals surface area (Å²) in [5, 5.41) is 13.0. The standard InChI is InChI=1S/C9H12N4O/c1-4-6-7(13-12-4)9(14)11-8(10-6)5-2-3-5/h5,8,10H,2-3H2,1H3,(H,11,14)(H,12,13). The van der Waals surface area contributed by atoms with Crippen molar-refractivity contribution in [2.24, 2.45) is 5.92 Å². The van der Waals surface area contributed by atoms with Crippen molar-refractivity contribution in [3.63, 3.8) is 0 Å². The minimum Gasteiger partial charge on any atom is -0.362 e. The Labute approximate surface area is 81.3 Å². The van der Waals surface area contributed by atoms with E-state index in [2.05, 4.69) is 20.8 Å². The maximum Gasteiger partial charge on any atom is 0.275 e. The Hall–Kier alpha value is -1.52. The fraction of sp³-hybridized carbons (Fsp3) is 0.556. The third-order valence-electron chi connectivity index (χ3n) is 2.84. The summed E-state index contributed by atoms with van der Waals surface area (Å²) in [6.07, 6.45) is 2.50. The van der Waals surface area contributed by atoms with E-state index < -0.39 is 0 Å². The number of carbonyl (C=O) groups excluding carboxylic acids is 1. The number of carbonyl (C=O) groups is 1. The van der Waals surface area contributed by atoms with Gasteiger partial charge in [-0.3, -0.25) is 9.89 Å². The summed E-state index contributed by atoms with van der Waals surface area (Å²) >= 11 is 0. The van der Waals surface area contributed by atoms with Gasteiger partial charge in [-0.05, 0) is 25.7 Å². The number of hydrogen-bond acceptors (Lipinski definition) is 3. The largest absolute Gasteiger partial charge is 0.362 e. The summed E-state index contributed by atoms with van der Waals surface area (Å²) < 4.78 is 0. The molecule has 1 unspecified atom stereocenters. The van der Waals surface area contributed by atoms with E-state index in [1.807, 2.05) is 6.92 Å². The van der Waals surface area contributed by atoms with Crippen LogP contribution in [0.3, 0.4) is 0 Å². The molecule has 3 N–H and O–H groups in total. The zero-order chi connectivity index (χ0) is 9.71. The molecule has 2 heterocycles. The Balaban J connectivity index is 1.97. The number of nitrogens with zero attached hydrogens (tertiary/aromatic N) is 1. The zero-order valence-electron chi connectivity index (χ0n) is 7.92. The van der Waals surface area contributed by atoms with Crippen LogP contribution in [0.15, 0.2) is 0 Å². The molecule has 0 saturated heterocycles. The predicted octanol–water partition coefficient (Wildman–Crippen LogP) is 0.610. The van der Waals surface area contributed by atoms with Crippen molar-refractivity contribution in [1.29, 1.82) is 0 Å². The maximum absolute atomic E-state index is 11.6. The van der Waals surface area contributed by atoms with Gasteiger partial charge in [-0.1, -0.05) is 0 Å². The molecule has 1 aromatic rings. The number of H-pyrrole nitrogens is 1. The lowest BCUT2D eigenvalue weighted by molar-refractivity contribution is 0.0926. The third-order valence-corrected chi connectivity index (χ3v) is 2.84. The second-order valence-electron chi connectivity index (χ2n) is 4.01. The van der Waals surface area contributed by atoms with Gasteiger partial charge in [0.05, 0.1) is 11.4 Å². The maximum atomic E-state index is 11.6. The highest BCUT2D eigenvalue weighted by Crippen LogP contribution is 2.35.